The fourth-order valence-corrected chi connectivity index (χ4v) is 5.76. The monoisotopic (exact) mass is 646 g/mol. The molecule has 2 heterocycles. The number of halogens is 1. The average Bonchev–Trinajstić information content (AvgIpc) is 2.99. The molecule has 0 saturated carbocycles. The predicted molar refractivity (Wildman–Crippen MR) is 187 cm³/mol. The summed E-state index contributed by atoms with van der Waals surface area (Å²) in [4.78, 5) is 20.2. The molecule has 8 heteroatoms. The summed E-state index contributed by atoms with van der Waals surface area (Å²) in [5.74, 6) is -0.597. The van der Waals surface area contributed by atoms with Crippen molar-refractivity contribution in [1.29, 1.82) is 0 Å². The lowest BCUT2D eigenvalue weighted by molar-refractivity contribution is -0.160. The first-order valence-electron chi connectivity index (χ1n) is 16.6. The molecule has 7 nitrogen and oxygen atoms in total. The number of ether oxygens (including phenoxy) is 3. The second kappa shape index (κ2) is 15.4. The number of anilines is 1. The molecule has 0 amide bonds. The molecular weight excluding hydrogens is 595 g/mol. The number of hydrogen-bond donors (Lipinski definition) is 1. The smallest absolute Gasteiger partial charge is 0.337 e. The van der Waals surface area contributed by atoms with Gasteiger partial charge in [-0.3, -0.25) is 4.98 Å². The maximum atomic E-state index is 13.3. The van der Waals surface area contributed by atoms with Gasteiger partial charge in [0.1, 0.15) is 11.6 Å². The van der Waals surface area contributed by atoms with Gasteiger partial charge in [-0.25, -0.2) is 9.18 Å². The van der Waals surface area contributed by atoms with Gasteiger partial charge >= 0.3 is 5.97 Å². The summed E-state index contributed by atoms with van der Waals surface area (Å²) >= 11 is 0. The normalized spacial score (nSPS) is 15.7. The number of rotatable bonds is 13. The average molecular weight is 647 g/mol. The lowest BCUT2D eigenvalue weighted by Gasteiger charge is -2.41. The summed E-state index contributed by atoms with van der Waals surface area (Å²) in [5.41, 5.74) is 5.03. The summed E-state index contributed by atoms with van der Waals surface area (Å²) in [6.07, 6.45) is 5.41. The Labute approximate surface area is 279 Å². The van der Waals surface area contributed by atoms with E-state index >= 15 is 0 Å². The fraction of sp³-hybridized carbons (Fsp3) is 0.487. The van der Waals surface area contributed by atoms with E-state index in [1.54, 1.807) is 12.1 Å². The van der Waals surface area contributed by atoms with Crippen molar-refractivity contribution in [2.24, 2.45) is 5.41 Å². The third-order valence-electron chi connectivity index (χ3n) is 8.33. The van der Waals surface area contributed by atoms with Gasteiger partial charge in [0.05, 0.1) is 36.3 Å². The molecule has 0 aliphatic carbocycles. The van der Waals surface area contributed by atoms with E-state index in [0.717, 1.165) is 54.0 Å². The van der Waals surface area contributed by atoms with Crippen LogP contribution in [-0.2, 0) is 20.7 Å². The number of nitrogens with zero attached hydrogens (tertiary/aromatic N) is 2. The van der Waals surface area contributed by atoms with Crippen LogP contribution in [0.15, 0.2) is 54.6 Å². The Kier molecular flexibility index (Phi) is 11.9. The van der Waals surface area contributed by atoms with Crippen LogP contribution >= 0.6 is 0 Å². The summed E-state index contributed by atoms with van der Waals surface area (Å²) in [7, 11) is 0. The molecule has 1 aliphatic rings. The lowest BCUT2D eigenvalue weighted by atomic mass is 9.81. The van der Waals surface area contributed by atoms with Gasteiger partial charge in [0.25, 0.3) is 0 Å². The van der Waals surface area contributed by atoms with Crippen molar-refractivity contribution in [1.82, 2.24) is 4.98 Å². The minimum atomic E-state index is -1.21. The van der Waals surface area contributed by atoms with Crippen LogP contribution in [0.4, 0.5) is 10.1 Å². The third-order valence-corrected chi connectivity index (χ3v) is 8.33. The van der Waals surface area contributed by atoms with E-state index in [9.17, 15) is 14.3 Å². The fourth-order valence-electron chi connectivity index (χ4n) is 5.76. The molecule has 3 aromatic rings. The van der Waals surface area contributed by atoms with Crippen molar-refractivity contribution in [3.8, 4) is 16.9 Å². The molecule has 1 N–H and O–H groups in total. The first-order valence-corrected chi connectivity index (χ1v) is 16.6. The molecule has 1 aromatic heterocycles. The first kappa shape index (κ1) is 36.1. The number of benzene rings is 2. The number of carboxylic acid groups (broad SMARTS) is 1. The zero-order valence-corrected chi connectivity index (χ0v) is 29.2. The Morgan fingerprint density at radius 1 is 1.06 bits per heavy atom. The molecule has 47 heavy (non-hydrogen) atoms. The highest BCUT2D eigenvalue weighted by Gasteiger charge is 2.36. The van der Waals surface area contributed by atoms with Crippen LogP contribution < -0.4 is 9.64 Å². The number of piperidine rings is 1. The molecule has 0 radical (unpaired) electrons. The number of aromatic nitrogens is 1. The molecule has 1 fully saturated rings. The van der Waals surface area contributed by atoms with Crippen LogP contribution in [0, 0.1) is 18.2 Å². The molecule has 1 saturated heterocycles. The Bertz CT molecular complexity index is 1510. The van der Waals surface area contributed by atoms with E-state index in [2.05, 4.69) is 18.7 Å². The van der Waals surface area contributed by atoms with E-state index in [1.807, 2.05) is 78.0 Å². The van der Waals surface area contributed by atoms with Crippen molar-refractivity contribution in [3.63, 3.8) is 0 Å². The summed E-state index contributed by atoms with van der Waals surface area (Å²) in [6, 6.07) is 14.3. The Balaban J connectivity index is 1.82. The van der Waals surface area contributed by atoms with E-state index in [0.29, 0.717) is 36.6 Å². The van der Waals surface area contributed by atoms with Gasteiger partial charge in [-0.15, -0.1) is 0 Å². The molecule has 1 aliphatic heterocycles. The summed E-state index contributed by atoms with van der Waals surface area (Å²) < 4.78 is 31.4. The maximum Gasteiger partial charge on any atom is 0.337 e. The van der Waals surface area contributed by atoms with Crippen LogP contribution in [0.25, 0.3) is 17.2 Å². The van der Waals surface area contributed by atoms with Crippen molar-refractivity contribution in [3.05, 3.63) is 82.9 Å². The van der Waals surface area contributed by atoms with Gasteiger partial charge in [0.15, 0.2) is 6.10 Å². The van der Waals surface area contributed by atoms with Gasteiger partial charge in [-0.05, 0) is 101 Å². The second-order valence-electron chi connectivity index (χ2n) is 14.4. The van der Waals surface area contributed by atoms with E-state index < -0.39 is 17.7 Å². The number of hydrogen-bond acceptors (Lipinski definition) is 6. The predicted octanol–water partition coefficient (Wildman–Crippen LogP) is 8.82. The highest BCUT2D eigenvalue weighted by Crippen LogP contribution is 2.45. The molecule has 2 aromatic carbocycles. The molecule has 4 rings (SSSR count). The zero-order valence-electron chi connectivity index (χ0n) is 29.2. The zero-order chi connectivity index (χ0) is 34.4. The van der Waals surface area contributed by atoms with E-state index in [4.69, 9.17) is 19.2 Å². The lowest BCUT2D eigenvalue weighted by Crippen LogP contribution is -2.39. The highest BCUT2D eigenvalue weighted by atomic mass is 19.1. The Morgan fingerprint density at radius 2 is 1.70 bits per heavy atom. The van der Waals surface area contributed by atoms with Crippen LogP contribution in [0.3, 0.4) is 0 Å². The van der Waals surface area contributed by atoms with Crippen LogP contribution in [0.2, 0.25) is 0 Å². The minimum Gasteiger partial charge on any atom is -0.493 e. The quantitative estimate of drug-likeness (QED) is 0.199. The van der Waals surface area contributed by atoms with Gasteiger partial charge in [0, 0.05) is 36.3 Å². The van der Waals surface area contributed by atoms with Crippen molar-refractivity contribution >= 4 is 17.7 Å². The number of carbonyl (C=O) groups is 1. The van der Waals surface area contributed by atoms with E-state index in [1.165, 1.54) is 12.1 Å². The topological polar surface area (TPSA) is 81.1 Å². The van der Waals surface area contributed by atoms with E-state index in [-0.39, 0.29) is 17.3 Å². The van der Waals surface area contributed by atoms with Crippen LogP contribution in [0.1, 0.15) is 89.9 Å². The molecule has 254 valence electrons. The largest absolute Gasteiger partial charge is 0.493 e. The third kappa shape index (κ3) is 10.1. The van der Waals surface area contributed by atoms with Crippen LogP contribution in [-0.4, -0.2) is 54.1 Å². The van der Waals surface area contributed by atoms with Crippen LogP contribution in [0.5, 0.6) is 5.75 Å². The summed E-state index contributed by atoms with van der Waals surface area (Å²) in [5, 5.41) is 10.6. The van der Waals surface area contributed by atoms with Gasteiger partial charge in [0.2, 0.25) is 0 Å². The van der Waals surface area contributed by atoms with Gasteiger partial charge in [-0.1, -0.05) is 44.2 Å². The Hall–Kier alpha value is -3.75. The Morgan fingerprint density at radius 3 is 2.28 bits per heavy atom. The van der Waals surface area contributed by atoms with Crippen molar-refractivity contribution < 1.29 is 28.5 Å². The summed E-state index contributed by atoms with van der Waals surface area (Å²) in [6.45, 7) is 18.5. The van der Waals surface area contributed by atoms with Gasteiger partial charge < -0.3 is 24.2 Å². The second-order valence-corrected chi connectivity index (χ2v) is 14.4. The number of aryl methyl sites for hydroxylation is 1. The minimum absolute atomic E-state index is 0.0879. The standard InChI is InChI=1S/C39H51FN2O5/c1-26(2)45-24-9-10-32-34(29-13-17-31(18-14-29)46-25-19-28-11-15-30(40)16-12-28)35(42-22-20-39(7,8)21-23-42)33(27(3)41-32)36(37(43)44)47-38(4,5)6/h9-18,26,36H,19-25H2,1-8H3,(H,43,44). The number of carboxylic acids is 1. The number of aliphatic carboxylic acids is 1. The first-order chi connectivity index (χ1) is 22.1. The molecule has 1 atom stereocenters. The molecule has 1 unspecified atom stereocenters. The molecular formula is C39H51FN2O5. The molecule has 0 bridgehead atoms. The molecule has 0 spiro atoms. The maximum absolute atomic E-state index is 13.3. The van der Waals surface area contributed by atoms with Crippen molar-refractivity contribution in [2.45, 2.75) is 92.5 Å². The highest BCUT2D eigenvalue weighted by molar-refractivity contribution is 5.90. The van der Waals surface area contributed by atoms with Crippen molar-refractivity contribution in [2.75, 3.05) is 31.2 Å². The van der Waals surface area contributed by atoms with Gasteiger partial charge in [-0.2, -0.15) is 0 Å². The SMILES string of the molecule is Cc1nc(C=CCOC(C)C)c(-c2ccc(OCCc3ccc(F)cc3)cc2)c(N2CCC(C)(C)CC2)c1C(OC(C)(C)C)C(=O)O. The number of pyridine rings is 1.